The van der Waals surface area contributed by atoms with Crippen LogP contribution in [0.4, 0.5) is 5.82 Å². The highest BCUT2D eigenvalue weighted by Gasteiger charge is 2.18. The predicted octanol–water partition coefficient (Wildman–Crippen LogP) is 0.203. The zero-order valence-corrected chi connectivity index (χ0v) is 9.15. The van der Waals surface area contributed by atoms with Crippen LogP contribution in [0.15, 0.2) is 36.4 Å². The summed E-state index contributed by atoms with van der Waals surface area (Å²) in [4.78, 5) is 20.7. The average molecular weight is 246 g/mol. The van der Waals surface area contributed by atoms with E-state index in [1.165, 1.54) is 0 Å². The van der Waals surface area contributed by atoms with Crippen LogP contribution in [0.3, 0.4) is 0 Å². The Kier molecular flexibility index (Phi) is 3.05. The van der Waals surface area contributed by atoms with Gasteiger partial charge in [0.1, 0.15) is 5.69 Å². The third kappa shape index (κ3) is 2.34. The minimum Gasteiger partial charge on any atom is -0.543 e. The largest absolute Gasteiger partial charge is 0.543 e. The maximum atomic E-state index is 10.9. The molecular weight excluding hydrogens is 238 g/mol. The second-order valence-electron chi connectivity index (χ2n) is 3.58. The number of rotatable bonds is 4. The van der Waals surface area contributed by atoms with E-state index in [0.29, 0.717) is 0 Å². The van der Waals surface area contributed by atoms with Crippen molar-refractivity contribution in [3.63, 3.8) is 0 Å². The zero-order chi connectivity index (χ0) is 13.1. The van der Waals surface area contributed by atoms with Crippen molar-refractivity contribution in [3.05, 3.63) is 57.8 Å². The highest BCUT2D eigenvalue weighted by atomic mass is 16.6. The molecule has 92 valence electrons. The molecule has 0 radical (unpaired) electrons. The van der Waals surface area contributed by atoms with Crippen molar-refractivity contribution < 1.29 is 14.8 Å². The molecule has 7 nitrogen and oxygen atoms in total. The van der Waals surface area contributed by atoms with Crippen LogP contribution < -0.4 is 5.11 Å². The third-order valence-electron chi connectivity index (χ3n) is 2.34. The molecule has 1 heterocycles. The summed E-state index contributed by atoms with van der Waals surface area (Å²) in [5.74, 6) is -2.00. The van der Waals surface area contributed by atoms with E-state index >= 15 is 0 Å². The SMILES string of the molecule is O=C([O-])c1cc([N+](=O)[O-])nn1Cc1ccccc1. The summed E-state index contributed by atoms with van der Waals surface area (Å²) < 4.78 is 1.04. The molecule has 0 amide bonds. The standard InChI is InChI=1S/C11H9N3O4/c15-11(16)9-6-10(14(17)18)12-13(9)7-8-4-2-1-3-5-8/h1-6H,7H2,(H,15,16)/p-1. The number of carboxylic acids is 1. The number of carbonyl (C=O) groups is 1. The van der Waals surface area contributed by atoms with Crippen LogP contribution in [0.2, 0.25) is 0 Å². The molecule has 1 aromatic carbocycles. The topological polar surface area (TPSA) is 101 Å². The average Bonchev–Trinajstić information content (AvgIpc) is 2.74. The number of aromatic carboxylic acids is 1. The molecule has 0 fully saturated rings. The Morgan fingerprint density at radius 3 is 2.56 bits per heavy atom. The maximum absolute atomic E-state index is 10.9. The van der Waals surface area contributed by atoms with Crippen molar-refractivity contribution in [2.24, 2.45) is 0 Å². The molecule has 0 unspecified atom stereocenters. The predicted molar refractivity (Wildman–Crippen MR) is 58.8 cm³/mol. The summed E-state index contributed by atoms with van der Waals surface area (Å²) in [6.45, 7) is 0.137. The molecule has 18 heavy (non-hydrogen) atoms. The lowest BCUT2D eigenvalue weighted by molar-refractivity contribution is -0.389. The van der Waals surface area contributed by atoms with Gasteiger partial charge in [-0.15, -0.1) is 0 Å². The molecule has 0 aliphatic rings. The van der Waals surface area contributed by atoms with Crippen molar-refractivity contribution >= 4 is 11.8 Å². The van der Waals surface area contributed by atoms with Gasteiger partial charge in [-0.2, -0.15) is 4.68 Å². The molecule has 0 spiro atoms. The lowest BCUT2D eigenvalue weighted by Crippen LogP contribution is -2.26. The van der Waals surface area contributed by atoms with E-state index in [1.54, 1.807) is 24.3 Å². The van der Waals surface area contributed by atoms with Crippen molar-refractivity contribution in [2.45, 2.75) is 6.54 Å². The van der Waals surface area contributed by atoms with E-state index in [1.807, 2.05) is 6.07 Å². The van der Waals surface area contributed by atoms with E-state index < -0.39 is 16.7 Å². The fraction of sp³-hybridized carbons (Fsp3) is 0.0909. The van der Waals surface area contributed by atoms with Crippen LogP contribution in [0.1, 0.15) is 16.1 Å². The number of hydrogen-bond acceptors (Lipinski definition) is 5. The number of hydrogen-bond donors (Lipinski definition) is 0. The molecule has 1 aromatic heterocycles. The number of benzene rings is 1. The molecule has 0 saturated heterocycles. The Balaban J connectivity index is 2.37. The molecule has 0 saturated carbocycles. The molecule has 7 heteroatoms. The minimum atomic E-state index is -1.49. The lowest BCUT2D eigenvalue weighted by Gasteiger charge is -2.03. The van der Waals surface area contributed by atoms with Gasteiger partial charge < -0.3 is 20.0 Å². The van der Waals surface area contributed by atoms with Crippen LogP contribution >= 0.6 is 0 Å². The van der Waals surface area contributed by atoms with Crippen LogP contribution in [0, 0.1) is 10.1 Å². The van der Waals surface area contributed by atoms with E-state index in [-0.39, 0.29) is 12.2 Å². The van der Waals surface area contributed by atoms with Crippen LogP contribution in [-0.4, -0.2) is 20.7 Å². The second-order valence-corrected chi connectivity index (χ2v) is 3.58. The highest BCUT2D eigenvalue weighted by Crippen LogP contribution is 2.13. The van der Waals surface area contributed by atoms with Crippen LogP contribution in [0.25, 0.3) is 0 Å². The first-order chi connectivity index (χ1) is 8.58. The van der Waals surface area contributed by atoms with E-state index in [0.717, 1.165) is 16.3 Å². The van der Waals surface area contributed by atoms with Crippen LogP contribution in [0.5, 0.6) is 0 Å². The summed E-state index contributed by atoms with van der Waals surface area (Å²) >= 11 is 0. The van der Waals surface area contributed by atoms with Gasteiger partial charge in [-0.05, 0) is 10.5 Å². The summed E-state index contributed by atoms with van der Waals surface area (Å²) in [5.41, 5.74) is 0.476. The van der Waals surface area contributed by atoms with E-state index in [9.17, 15) is 20.0 Å². The highest BCUT2D eigenvalue weighted by molar-refractivity contribution is 5.84. The summed E-state index contributed by atoms with van der Waals surface area (Å²) in [7, 11) is 0. The Morgan fingerprint density at radius 2 is 2.00 bits per heavy atom. The van der Waals surface area contributed by atoms with Crippen LogP contribution in [-0.2, 0) is 6.54 Å². The van der Waals surface area contributed by atoms with Crippen molar-refractivity contribution in [1.82, 2.24) is 9.78 Å². The van der Waals surface area contributed by atoms with E-state index in [4.69, 9.17) is 0 Å². The maximum Gasteiger partial charge on any atom is 0.390 e. The first kappa shape index (κ1) is 11.8. The third-order valence-corrected chi connectivity index (χ3v) is 2.34. The number of nitro groups is 1. The monoisotopic (exact) mass is 246 g/mol. The van der Waals surface area contributed by atoms with Gasteiger partial charge in [-0.25, -0.2) is 0 Å². The lowest BCUT2D eigenvalue weighted by atomic mass is 10.2. The first-order valence-electron chi connectivity index (χ1n) is 5.05. The summed E-state index contributed by atoms with van der Waals surface area (Å²) in [6.07, 6.45) is 0. The molecule has 0 aliphatic carbocycles. The fourth-order valence-corrected chi connectivity index (χ4v) is 1.53. The van der Waals surface area contributed by atoms with Gasteiger partial charge in [0.15, 0.2) is 0 Å². The minimum absolute atomic E-state index is 0.137. The molecule has 0 atom stereocenters. The van der Waals surface area contributed by atoms with Gasteiger partial charge in [0.05, 0.1) is 23.7 Å². The Bertz CT molecular complexity index is 592. The Labute approximate surface area is 101 Å². The fourth-order valence-electron chi connectivity index (χ4n) is 1.53. The first-order valence-corrected chi connectivity index (χ1v) is 5.05. The van der Waals surface area contributed by atoms with Gasteiger partial charge in [0.2, 0.25) is 0 Å². The molecular formula is C11H8N3O4-. The Morgan fingerprint density at radius 1 is 1.33 bits per heavy atom. The number of aromatic nitrogens is 2. The van der Waals surface area contributed by atoms with Gasteiger partial charge in [0.25, 0.3) is 0 Å². The van der Waals surface area contributed by atoms with Crippen molar-refractivity contribution in [2.75, 3.05) is 0 Å². The summed E-state index contributed by atoms with van der Waals surface area (Å²) in [5, 5.41) is 25.0. The molecule has 2 aromatic rings. The molecule has 0 aliphatic heterocycles. The summed E-state index contributed by atoms with van der Waals surface area (Å²) in [6, 6.07) is 9.81. The number of carbonyl (C=O) groups excluding carboxylic acids is 1. The number of nitrogens with zero attached hydrogens (tertiary/aromatic N) is 3. The Hall–Kier alpha value is -2.70. The van der Waals surface area contributed by atoms with E-state index in [2.05, 4.69) is 5.10 Å². The molecule has 0 N–H and O–H groups in total. The zero-order valence-electron chi connectivity index (χ0n) is 9.15. The number of carboxylic acid groups (broad SMARTS) is 1. The quantitative estimate of drug-likeness (QED) is 0.566. The smallest absolute Gasteiger partial charge is 0.390 e. The van der Waals surface area contributed by atoms with Gasteiger partial charge in [0, 0.05) is 0 Å². The van der Waals surface area contributed by atoms with Crippen molar-refractivity contribution in [3.8, 4) is 0 Å². The van der Waals surface area contributed by atoms with Crippen molar-refractivity contribution in [1.29, 1.82) is 0 Å². The second kappa shape index (κ2) is 4.66. The van der Waals surface area contributed by atoms with Gasteiger partial charge in [-0.1, -0.05) is 30.3 Å². The van der Waals surface area contributed by atoms with Gasteiger partial charge >= 0.3 is 5.82 Å². The molecule has 0 bridgehead atoms. The molecule has 2 rings (SSSR count). The normalized spacial score (nSPS) is 10.2. The van der Waals surface area contributed by atoms with Gasteiger partial charge in [-0.3, -0.25) is 0 Å².